The van der Waals surface area contributed by atoms with Crippen LogP contribution in [0.3, 0.4) is 0 Å². The lowest BCUT2D eigenvalue weighted by molar-refractivity contribution is -0.142. The highest BCUT2D eigenvalue weighted by Gasteiger charge is 2.24. The minimum atomic E-state index is -0.631. The maximum atomic E-state index is 12.0. The molecule has 27 heavy (non-hydrogen) atoms. The number of hydrogen-bond donors (Lipinski definition) is 2. The predicted octanol–water partition coefficient (Wildman–Crippen LogP) is 2.52. The Morgan fingerprint density at radius 2 is 1.22 bits per heavy atom. The van der Waals surface area contributed by atoms with Gasteiger partial charge in [0, 0.05) is 0 Å². The van der Waals surface area contributed by atoms with E-state index in [1.807, 2.05) is 27.7 Å². The highest BCUT2D eigenvalue weighted by atomic mass is 35.5. The first-order valence-corrected chi connectivity index (χ1v) is 9.14. The summed E-state index contributed by atoms with van der Waals surface area (Å²) in [4.78, 5) is 36.2. The molecule has 0 amide bonds. The van der Waals surface area contributed by atoms with Gasteiger partial charge in [0.05, 0.1) is 14.2 Å². The van der Waals surface area contributed by atoms with Crippen LogP contribution < -0.4 is 10.6 Å². The van der Waals surface area contributed by atoms with Crippen LogP contribution in [0, 0.1) is 11.8 Å². The van der Waals surface area contributed by atoms with Crippen molar-refractivity contribution in [1.82, 2.24) is 15.0 Å². The molecule has 2 N–H and O–H groups in total. The first kappa shape index (κ1) is 22.9. The molecule has 1 aromatic rings. The molecule has 0 aliphatic rings. The van der Waals surface area contributed by atoms with Crippen LogP contribution in [-0.2, 0) is 19.1 Å². The molecular weight excluding hydrogens is 374 g/mol. The lowest BCUT2D eigenvalue weighted by Crippen LogP contribution is -2.34. The average molecular weight is 402 g/mol. The summed E-state index contributed by atoms with van der Waals surface area (Å²) in [6.45, 7) is 7.94. The van der Waals surface area contributed by atoms with Crippen LogP contribution in [0.1, 0.15) is 40.5 Å². The molecule has 0 fully saturated rings. The van der Waals surface area contributed by atoms with Gasteiger partial charge >= 0.3 is 11.9 Å². The smallest absolute Gasteiger partial charge is 0.328 e. The molecule has 0 saturated carbocycles. The second kappa shape index (κ2) is 10.9. The molecule has 0 bridgehead atoms. The van der Waals surface area contributed by atoms with Crippen molar-refractivity contribution in [3.63, 3.8) is 0 Å². The molecule has 9 nitrogen and oxygen atoms in total. The van der Waals surface area contributed by atoms with Crippen LogP contribution in [0.4, 0.5) is 11.9 Å². The summed E-state index contributed by atoms with van der Waals surface area (Å²) >= 11 is 5.98. The van der Waals surface area contributed by atoms with Crippen molar-refractivity contribution >= 4 is 35.4 Å². The van der Waals surface area contributed by atoms with Gasteiger partial charge in [-0.05, 0) is 36.3 Å². The summed E-state index contributed by atoms with van der Waals surface area (Å²) in [6, 6.07) is -1.26. The Labute approximate surface area is 164 Å². The van der Waals surface area contributed by atoms with Gasteiger partial charge in [-0.2, -0.15) is 15.0 Å². The van der Waals surface area contributed by atoms with Crippen molar-refractivity contribution in [2.75, 3.05) is 24.9 Å². The fourth-order valence-electron chi connectivity index (χ4n) is 2.45. The summed E-state index contributed by atoms with van der Waals surface area (Å²) in [5, 5.41) is 5.77. The van der Waals surface area contributed by atoms with E-state index in [1.165, 1.54) is 14.2 Å². The van der Waals surface area contributed by atoms with E-state index in [0.29, 0.717) is 12.8 Å². The Balaban J connectivity index is 3.03. The number of nitrogens with one attached hydrogen (secondary N) is 2. The third-order valence-electron chi connectivity index (χ3n) is 3.60. The third kappa shape index (κ3) is 7.94. The summed E-state index contributed by atoms with van der Waals surface area (Å²) in [7, 11) is 2.63. The van der Waals surface area contributed by atoms with Gasteiger partial charge in [-0.15, -0.1) is 0 Å². The van der Waals surface area contributed by atoms with Crippen LogP contribution in [0.15, 0.2) is 0 Å². The largest absolute Gasteiger partial charge is 0.467 e. The molecule has 1 rings (SSSR count). The normalized spacial score (nSPS) is 13.2. The summed E-state index contributed by atoms with van der Waals surface area (Å²) < 4.78 is 9.64. The number of rotatable bonds is 10. The maximum Gasteiger partial charge on any atom is 0.328 e. The molecule has 1 heterocycles. The van der Waals surface area contributed by atoms with Gasteiger partial charge in [-0.3, -0.25) is 0 Å². The van der Waals surface area contributed by atoms with Crippen LogP contribution in [-0.4, -0.2) is 53.2 Å². The zero-order valence-corrected chi connectivity index (χ0v) is 17.3. The SMILES string of the molecule is COC(=O)C(CC(C)C)Nc1nc(Cl)nc(NC(CC(C)C)C(=O)OC)n1. The van der Waals surface area contributed by atoms with E-state index in [0.717, 1.165) is 0 Å². The van der Waals surface area contributed by atoms with Crippen molar-refractivity contribution in [3.05, 3.63) is 5.28 Å². The zero-order chi connectivity index (χ0) is 20.6. The van der Waals surface area contributed by atoms with Crippen molar-refractivity contribution < 1.29 is 19.1 Å². The quantitative estimate of drug-likeness (QED) is 0.570. The van der Waals surface area contributed by atoms with Crippen LogP contribution >= 0.6 is 11.6 Å². The molecule has 2 atom stereocenters. The molecule has 0 aliphatic heterocycles. The van der Waals surface area contributed by atoms with Crippen molar-refractivity contribution in [2.45, 2.75) is 52.6 Å². The van der Waals surface area contributed by atoms with Crippen molar-refractivity contribution in [2.24, 2.45) is 11.8 Å². The Bertz CT molecular complexity index is 591. The van der Waals surface area contributed by atoms with Gasteiger partial charge in [0.1, 0.15) is 12.1 Å². The van der Waals surface area contributed by atoms with Crippen molar-refractivity contribution in [3.8, 4) is 0 Å². The number of carbonyl (C=O) groups is 2. The number of hydrogen-bond acceptors (Lipinski definition) is 9. The Kier molecular flexibility index (Phi) is 9.20. The number of ether oxygens (including phenoxy) is 2. The van der Waals surface area contributed by atoms with Crippen LogP contribution in [0.25, 0.3) is 0 Å². The fourth-order valence-corrected chi connectivity index (χ4v) is 2.61. The molecular formula is C17H28ClN5O4. The molecule has 0 saturated heterocycles. The number of carbonyl (C=O) groups excluding carboxylic acids is 2. The average Bonchev–Trinajstić information content (AvgIpc) is 2.57. The molecule has 10 heteroatoms. The Hall–Kier alpha value is -2.16. The maximum absolute atomic E-state index is 12.0. The summed E-state index contributed by atoms with van der Waals surface area (Å²) in [5.41, 5.74) is 0. The van der Waals surface area contributed by atoms with E-state index in [1.54, 1.807) is 0 Å². The van der Waals surface area contributed by atoms with Gasteiger partial charge in [-0.1, -0.05) is 27.7 Å². The lowest BCUT2D eigenvalue weighted by atomic mass is 10.0. The molecule has 0 aromatic carbocycles. The highest BCUT2D eigenvalue weighted by molar-refractivity contribution is 6.28. The second-order valence-electron chi connectivity index (χ2n) is 6.95. The molecule has 1 aromatic heterocycles. The molecule has 0 aliphatic carbocycles. The number of aromatic nitrogens is 3. The van der Waals surface area contributed by atoms with E-state index in [9.17, 15) is 9.59 Å². The standard InChI is InChI=1S/C17H28ClN5O4/c1-9(2)7-11(13(24)26-5)19-16-21-15(18)22-17(23-16)20-12(8-10(3)4)14(25)27-6/h9-12H,7-8H2,1-6H3,(H2,19,20,21,22,23). The number of methoxy groups -OCH3 is 2. The first-order chi connectivity index (χ1) is 12.7. The number of halogens is 1. The first-order valence-electron chi connectivity index (χ1n) is 8.76. The molecule has 2 unspecified atom stereocenters. The highest BCUT2D eigenvalue weighted by Crippen LogP contribution is 2.17. The van der Waals surface area contributed by atoms with Gasteiger partial charge < -0.3 is 20.1 Å². The fraction of sp³-hybridized carbons (Fsp3) is 0.706. The molecule has 152 valence electrons. The van der Waals surface area contributed by atoms with Gasteiger partial charge in [0.25, 0.3) is 0 Å². The van der Waals surface area contributed by atoms with E-state index in [2.05, 4.69) is 25.6 Å². The number of nitrogens with zero attached hydrogens (tertiary/aromatic N) is 3. The van der Waals surface area contributed by atoms with E-state index in [4.69, 9.17) is 21.1 Å². The van der Waals surface area contributed by atoms with Crippen LogP contribution in [0.5, 0.6) is 0 Å². The molecule has 0 spiro atoms. The Morgan fingerprint density at radius 1 is 0.852 bits per heavy atom. The minimum absolute atomic E-state index is 0.0728. The molecule has 0 radical (unpaired) electrons. The second-order valence-corrected chi connectivity index (χ2v) is 7.29. The Morgan fingerprint density at radius 3 is 1.52 bits per heavy atom. The summed E-state index contributed by atoms with van der Waals surface area (Å²) in [5.74, 6) is -0.148. The van der Waals surface area contributed by atoms with Crippen LogP contribution in [0.2, 0.25) is 5.28 Å². The number of esters is 2. The van der Waals surface area contributed by atoms with Crippen molar-refractivity contribution in [1.29, 1.82) is 0 Å². The topological polar surface area (TPSA) is 115 Å². The monoisotopic (exact) mass is 401 g/mol. The van der Waals surface area contributed by atoms with Gasteiger partial charge in [0.15, 0.2) is 0 Å². The minimum Gasteiger partial charge on any atom is -0.467 e. The van der Waals surface area contributed by atoms with Gasteiger partial charge in [0.2, 0.25) is 17.2 Å². The summed E-state index contributed by atoms with van der Waals surface area (Å²) in [6.07, 6.45) is 1.05. The van der Waals surface area contributed by atoms with E-state index < -0.39 is 24.0 Å². The van der Waals surface area contributed by atoms with E-state index >= 15 is 0 Å². The predicted molar refractivity (Wildman–Crippen MR) is 103 cm³/mol. The number of anilines is 2. The lowest BCUT2D eigenvalue weighted by Gasteiger charge is -2.20. The van der Waals surface area contributed by atoms with E-state index in [-0.39, 0.29) is 29.0 Å². The van der Waals surface area contributed by atoms with Gasteiger partial charge in [-0.25, -0.2) is 9.59 Å². The third-order valence-corrected chi connectivity index (χ3v) is 3.77. The zero-order valence-electron chi connectivity index (χ0n) is 16.6.